The smallest absolute Gasteiger partial charge is 0.171 e. The van der Waals surface area contributed by atoms with Gasteiger partial charge in [-0.2, -0.15) is 0 Å². The molecule has 3 aromatic rings. The molecule has 1 heterocycles. The molecule has 2 aromatic carbocycles. The molecular formula is C19H21NO2. The fourth-order valence-corrected chi connectivity index (χ4v) is 2.56. The molecule has 0 fully saturated rings. The number of ether oxygens (including phenoxy) is 1. The number of fused-ring (bicyclic) bond motifs is 1. The molecule has 0 saturated carbocycles. The van der Waals surface area contributed by atoms with Gasteiger partial charge in [0.25, 0.3) is 0 Å². The number of nitrogens with two attached hydrogens (primary N) is 1. The van der Waals surface area contributed by atoms with Crippen molar-refractivity contribution in [2.24, 2.45) is 11.7 Å². The normalized spacial score (nSPS) is 14.2. The van der Waals surface area contributed by atoms with E-state index < -0.39 is 0 Å². The van der Waals surface area contributed by atoms with Gasteiger partial charge in [-0.1, -0.05) is 50.2 Å². The van der Waals surface area contributed by atoms with Crippen molar-refractivity contribution >= 4 is 10.8 Å². The summed E-state index contributed by atoms with van der Waals surface area (Å²) in [5.41, 5.74) is 6.36. The maximum atomic E-state index is 6.36. The largest absolute Gasteiger partial charge is 0.480 e. The molecule has 2 unspecified atom stereocenters. The Morgan fingerprint density at radius 1 is 0.955 bits per heavy atom. The van der Waals surface area contributed by atoms with Crippen LogP contribution < -0.4 is 10.5 Å². The van der Waals surface area contributed by atoms with Crippen LogP contribution in [-0.2, 0) is 0 Å². The van der Waals surface area contributed by atoms with Gasteiger partial charge < -0.3 is 14.9 Å². The first-order valence-corrected chi connectivity index (χ1v) is 7.60. The van der Waals surface area contributed by atoms with Crippen molar-refractivity contribution in [2.45, 2.75) is 26.0 Å². The monoisotopic (exact) mass is 295 g/mol. The maximum absolute atomic E-state index is 6.36. The Morgan fingerprint density at radius 3 is 2.45 bits per heavy atom. The highest BCUT2D eigenvalue weighted by Gasteiger charge is 2.27. The predicted molar refractivity (Wildman–Crippen MR) is 88.8 cm³/mol. The van der Waals surface area contributed by atoms with E-state index in [0.717, 1.165) is 22.3 Å². The van der Waals surface area contributed by atoms with Crippen LogP contribution in [0.1, 0.15) is 25.7 Å². The molecule has 3 nitrogen and oxygen atoms in total. The van der Waals surface area contributed by atoms with E-state index in [-0.39, 0.29) is 18.1 Å². The van der Waals surface area contributed by atoms with E-state index >= 15 is 0 Å². The van der Waals surface area contributed by atoms with Crippen molar-refractivity contribution in [3.05, 3.63) is 66.6 Å². The molecule has 2 atom stereocenters. The lowest BCUT2D eigenvalue weighted by molar-refractivity contribution is 0.129. The Balaban J connectivity index is 1.99. The van der Waals surface area contributed by atoms with Crippen LogP contribution in [0.5, 0.6) is 5.75 Å². The van der Waals surface area contributed by atoms with Crippen LogP contribution in [0.25, 0.3) is 10.8 Å². The first-order chi connectivity index (χ1) is 10.7. The third-order valence-electron chi connectivity index (χ3n) is 3.95. The third kappa shape index (κ3) is 2.85. The van der Waals surface area contributed by atoms with Gasteiger partial charge in [0.2, 0.25) is 0 Å². The highest BCUT2D eigenvalue weighted by atomic mass is 16.5. The summed E-state index contributed by atoms with van der Waals surface area (Å²) in [6.45, 7) is 4.18. The van der Waals surface area contributed by atoms with Crippen molar-refractivity contribution in [3.8, 4) is 5.75 Å². The van der Waals surface area contributed by atoms with Gasteiger partial charge in [-0.25, -0.2) is 0 Å². The van der Waals surface area contributed by atoms with Crippen LogP contribution in [0.4, 0.5) is 0 Å². The molecule has 0 saturated heterocycles. The van der Waals surface area contributed by atoms with Gasteiger partial charge in [0.15, 0.2) is 6.10 Å². The van der Waals surface area contributed by atoms with Gasteiger partial charge in [-0.3, -0.25) is 0 Å². The van der Waals surface area contributed by atoms with Crippen LogP contribution in [0.2, 0.25) is 0 Å². The number of rotatable bonds is 5. The number of furan rings is 1. The molecule has 3 heteroatoms. The van der Waals surface area contributed by atoms with E-state index in [4.69, 9.17) is 14.9 Å². The summed E-state index contributed by atoms with van der Waals surface area (Å²) in [7, 11) is 0. The lowest BCUT2D eigenvalue weighted by Crippen LogP contribution is -2.36. The first-order valence-electron chi connectivity index (χ1n) is 7.60. The lowest BCUT2D eigenvalue weighted by Gasteiger charge is -2.26. The average molecular weight is 295 g/mol. The molecule has 0 aliphatic heterocycles. The Kier molecular flexibility index (Phi) is 4.16. The molecule has 0 aliphatic rings. The second-order valence-corrected chi connectivity index (χ2v) is 5.85. The molecule has 114 valence electrons. The summed E-state index contributed by atoms with van der Waals surface area (Å²) in [6.07, 6.45) is 1.35. The summed E-state index contributed by atoms with van der Waals surface area (Å²) in [5, 5.41) is 2.23. The summed E-state index contributed by atoms with van der Waals surface area (Å²) < 4.78 is 11.8. The standard InChI is InChI=1S/C19H21NO2/c1-13(2)18(20)19(17-11-6-12-21-17)22-16-10-5-8-14-7-3-4-9-15(14)16/h3-13,18-19H,20H2,1-2H3. The van der Waals surface area contributed by atoms with E-state index in [1.165, 1.54) is 0 Å². The summed E-state index contributed by atoms with van der Waals surface area (Å²) in [4.78, 5) is 0. The Morgan fingerprint density at radius 2 is 1.73 bits per heavy atom. The molecule has 0 spiro atoms. The fourth-order valence-electron chi connectivity index (χ4n) is 2.56. The summed E-state index contributed by atoms with van der Waals surface area (Å²) in [6, 6.07) is 17.9. The molecule has 2 N–H and O–H groups in total. The van der Waals surface area contributed by atoms with E-state index in [0.29, 0.717) is 0 Å². The van der Waals surface area contributed by atoms with Crippen LogP contribution >= 0.6 is 0 Å². The summed E-state index contributed by atoms with van der Waals surface area (Å²) >= 11 is 0. The SMILES string of the molecule is CC(C)C(N)C(Oc1cccc2ccccc12)c1ccco1. The second-order valence-electron chi connectivity index (χ2n) is 5.85. The maximum Gasteiger partial charge on any atom is 0.171 e. The van der Waals surface area contributed by atoms with Gasteiger partial charge in [0.05, 0.1) is 12.3 Å². The zero-order valence-electron chi connectivity index (χ0n) is 12.9. The molecule has 0 aliphatic carbocycles. The van der Waals surface area contributed by atoms with E-state index in [1.807, 2.05) is 36.4 Å². The molecule has 3 rings (SSSR count). The quantitative estimate of drug-likeness (QED) is 0.752. The summed E-state index contributed by atoms with van der Waals surface area (Å²) in [5.74, 6) is 1.87. The van der Waals surface area contributed by atoms with Crippen molar-refractivity contribution in [3.63, 3.8) is 0 Å². The van der Waals surface area contributed by atoms with Gasteiger partial charge in [0, 0.05) is 5.39 Å². The van der Waals surface area contributed by atoms with Crippen LogP contribution in [0.3, 0.4) is 0 Å². The molecule has 1 aromatic heterocycles. The molecular weight excluding hydrogens is 274 g/mol. The predicted octanol–water partition coefficient (Wildman–Crippen LogP) is 4.54. The first kappa shape index (κ1) is 14.7. The van der Waals surface area contributed by atoms with E-state index in [2.05, 4.69) is 32.0 Å². The van der Waals surface area contributed by atoms with Crippen molar-refractivity contribution < 1.29 is 9.15 Å². The van der Waals surface area contributed by atoms with Crippen LogP contribution in [0, 0.1) is 5.92 Å². The fraction of sp³-hybridized carbons (Fsp3) is 0.263. The number of benzene rings is 2. The Labute approximate surface area is 130 Å². The molecule has 0 amide bonds. The lowest BCUT2D eigenvalue weighted by atomic mass is 9.97. The molecule has 0 radical (unpaired) electrons. The van der Waals surface area contributed by atoms with E-state index in [1.54, 1.807) is 6.26 Å². The minimum Gasteiger partial charge on any atom is -0.480 e. The van der Waals surface area contributed by atoms with E-state index in [9.17, 15) is 0 Å². The zero-order chi connectivity index (χ0) is 15.5. The Bertz CT molecular complexity index is 729. The van der Waals surface area contributed by atoms with Gasteiger partial charge >= 0.3 is 0 Å². The van der Waals surface area contributed by atoms with Gasteiger partial charge in [-0.05, 0) is 29.5 Å². The van der Waals surface area contributed by atoms with Gasteiger partial charge in [0.1, 0.15) is 11.5 Å². The highest BCUT2D eigenvalue weighted by Crippen LogP contribution is 2.32. The second kappa shape index (κ2) is 6.24. The van der Waals surface area contributed by atoms with Gasteiger partial charge in [-0.15, -0.1) is 0 Å². The minimum atomic E-state index is -0.305. The topological polar surface area (TPSA) is 48.4 Å². The zero-order valence-corrected chi connectivity index (χ0v) is 12.9. The molecule has 0 bridgehead atoms. The van der Waals surface area contributed by atoms with Crippen molar-refractivity contribution in [1.82, 2.24) is 0 Å². The third-order valence-corrected chi connectivity index (χ3v) is 3.95. The van der Waals surface area contributed by atoms with Crippen molar-refractivity contribution in [1.29, 1.82) is 0 Å². The number of hydrogen-bond donors (Lipinski definition) is 1. The molecule has 22 heavy (non-hydrogen) atoms. The number of hydrogen-bond acceptors (Lipinski definition) is 3. The Hall–Kier alpha value is -2.26. The minimum absolute atomic E-state index is 0.148. The van der Waals surface area contributed by atoms with Crippen molar-refractivity contribution in [2.75, 3.05) is 0 Å². The van der Waals surface area contributed by atoms with Crippen LogP contribution in [0.15, 0.2) is 65.3 Å². The van der Waals surface area contributed by atoms with Crippen LogP contribution in [-0.4, -0.2) is 6.04 Å². The highest BCUT2D eigenvalue weighted by molar-refractivity contribution is 5.88. The average Bonchev–Trinajstić information content (AvgIpc) is 3.06.